The summed E-state index contributed by atoms with van der Waals surface area (Å²) in [6.45, 7) is -0.447. The number of halogens is 3. The first-order valence-corrected chi connectivity index (χ1v) is 9.68. The maximum Gasteiger partial charge on any atom is 0.417 e. The van der Waals surface area contributed by atoms with E-state index in [9.17, 15) is 22.8 Å². The van der Waals surface area contributed by atoms with Crippen LogP contribution in [0.1, 0.15) is 17.1 Å². The van der Waals surface area contributed by atoms with Crippen LogP contribution in [0.2, 0.25) is 0 Å². The second-order valence-corrected chi connectivity index (χ2v) is 7.03. The number of anilines is 2. The summed E-state index contributed by atoms with van der Waals surface area (Å²) < 4.78 is 38.5. The van der Waals surface area contributed by atoms with Crippen molar-refractivity contribution < 1.29 is 22.8 Å². The van der Waals surface area contributed by atoms with E-state index in [1.165, 1.54) is 24.8 Å². The Balaban J connectivity index is 1.57. The van der Waals surface area contributed by atoms with E-state index in [0.717, 1.165) is 17.0 Å². The van der Waals surface area contributed by atoms with E-state index < -0.39 is 23.6 Å². The van der Waals surface area contributed by atoms with Crippen molar-refractivity contribution in [1.82, 2.24) is 35.0 Å². The van der Waals surface area contributed by atoms with Gasteiger partial charge in [0.2, 0.25) is 0 Å². The molecule has 0 spiro atoms. The lowest BCUT2D eigenvalue weighted by Crippen LogP contribution is -2.39. The Morgan fingerprint density at radius 3 is 2.47 bits per heavy atom. The first-order valence-electron chi connectivity index (χ1n) is 9.68. The Bertz CT molecular complexity index is 1320. The average Bonchev–Trinajstić information content (AvgIpc) is 3.32. The topological polar surface area (TPSA) is 156 Å². The van der Waals surface area contributed by atoms with Gasteiger partial charge in [0.15, 0.2) is 0 Å². The molecule has 4 N–H and O–H groups in total. The molecule has 174 valence electrons. The molecule has 2 amide bonds. The number of pyridine rings is 2. The number of aromatic amines is 1. The van der Waals surface area contributed by atoms with Gasteiger partial charge >= 0.3 is 18.0 Å². The highest BCUT2D eigenvalue weighted by Crippen LogP contribution is 2.28. The lowest BCUT2D eigenvalue weighted by Gasteiger charge is -2.21. The normalized spacial score (nSPS) is 11.4. The zero-order chi connectivity index (χ0) is 24.3. The molecule has 0 aliphatic carbocycles. The average molecular weight is 471 g/mol. The van der Waals surface area contributed by atoms with Crippen molar-refractivity contribution in [3.05, 3.63) is 66.3 Å². The van der Waals surface area contributed by atoms with E-state index in [2.05, 4.69) is 35.5 Å². The summed E-state index contributed by atoms with van der Waals surface area (Å²) in [5.74, 6) is -1.60. The van der Waals surface area contributed by atoms with E-state index in [1.807, 2.05) is 0 Å². The monoisotopic (exact) mass is 471 g/mol. The number of carbonyl (C=O) groups is 2. The van der Waals surface area contributed by atoms with E-state index in [-0.39, 0.29) is 36.1 Å². The highest BCUT2D eigenvalue weighted by Gasteiger charge is 2.31. The molecule has 34 heavy (non-hydrogen) atoms. The Kier molecular flexibility index (Phi) is 6.03. The van der Waals surface area contributed by atoms with Gasteiger partial charge in [0.05, 0.1) is 53.3 Å². The maximum absolute atomic E-state index is 13.0. The number of carbonyl (C=O) groups excluding carboxylic acids is 2. The predicted molar refractivity (Wildman–Crippen MR) is 112 cm³/mol. The summed E-state index contributed by atoms with van der Waals surface area (Å²) in [6, 6.07) is 3.55. The second kappa shape index (κ2) is 9.09. The van der Waals surface area contributed by atoms with Gasteiger partial charge in [-0.1, -0.05) is 0 Å². The number of alkyl halides is 3. The number of nitrogens with two attached hydrogens (primary N) is 1. The number of nitrogens with one attached hydrogen (secondary N) is 2. The summed E-state index contributed by atoms with van der Waals surface area (Å²) >= 11 is 0. The van der Waals surface area contributed by atoms with Crippen molar-refractivity contribution in [1.29, 1.82) is 0 Å². The molecule has 0 bridgehead atoms. The van der Waals surface area contributed by atoms with Gasteiger partial charge in [0.1, 0.15) is 11.6 Å². The van der Waals surface area contributed by atoms with Gasteiger partial charge in [-0.05, 0) is 18.2 Å². The van der Waals surface area contributed by atoms with Crippen LogP contribution in [0, 0.1) is 0 Å². The van der Waals surface area contributed by atoms with Crippen LogP contribution in [0.4, 0.5) is 24.7 Å². The summed E-state index contributed by atoms with van der Waals surface area (Å²) in [5.41, 5.74) is 5.51. The molecular formula is C20H16F3N9O2. The van der Waals surface area contributed by atoms with Gasteiger partial charge in [-0.3, -0.25) is 19.7 Å². The molecule has 0 radical (unpaired) electrons. The lowest BCUT2D eigenvalue weighted by atomic mass is 10.2. The Labute approximate surface area is 189 Å². The van der Waals surface area contributed by atoms with Crippen molar-refractivity contribution in [2.45, 2.75) is 19.3 Å². The van der Waals surface area contributed by atoms with Crippen LogP contribution in [0.5, 0.6) is 0 Å². The number of aromatic nitrogens is 6. The molecule has 0 unspecified atom stereocenters. The van der Waals surface area contributed by atoms with Crippen LogP contribution >= 0.6 is 0 Å². The lowest BCUT2D eigenvalue weighted by molar-refractivity contribution is -0.144. The van der Waals surface area contributed by atoms with Gasteiger partial charge < -0.3 is 16.0 Å². The number of hydrogen-bond acceptors (Lipinski definition) is 8. The molecule has 4 aromatic heterocycles. The summed E-state index contributed by atoms with van der Waals surface area (Å²) in [5, 5.41) is 9.42. The van der Waals surface area contributed by atoms with Crippen molar-refractivity contribution in [3.8, 4) is 0 Å². The number of rotatable bonds is 5. The minimum atomic E-state index is -4.55. The van der Waals surface area contributed by atoms with Gasteiger partial charge in [0, 0.05) is 18.6 Å². The molecule has 0 aliphatic rings. The van der Waals surface area contributed by atoms with Crippen LogP contribution in [0.15, 0.2) is 49.2 Å². The zero-order valence-electron chi connectivity index (χ0n) is 17.2. The highest BCUT2D eigenvalue weighted by atomic mass is 19.4. The van der Waals surface area contributed by atoms with Crippen LogP contribution in [0.25, 0.3) is 10.9 Å². The molecule has 0 aliphatic heterocycles. The highest BCUT2D eigenvalue weighted by molar-refractivity contribution is 6.40. The summed E-state index contributed by atoms with van der Waals surface area (Å²) in [7, 11) is 0. The van der Waals surface area contributed by atoms with Gasteiger partial charge in [-0.25, -0.2) is 15.0 Å². The molecular weight excluding hydrogens is 455 g/mol. The number of nitrogens with zero attached hydrogens (tertiary/aromatic N) is 6. The van der Waals surface area contributed by atoms with Crippen LogP contribution in [-0.4, -0.2) is 46.8 Å². The van der Waals surface area contributed by atoms with E-state index >= 15 is 0 Å². The van der Waals surface area contributed by atoms with Crippen molar-refractivity contribution >= 4 is 34.2 Å². The SMILES string of the molecule is Nc1ncc(NC(=O)C(=O)N(Cc2ccc(C(F)(F)F)cn2)Cc2ncccn2)c2[nH]ncc12. The van der Waals surface area contributed by atoms with E-state index in [4.69, 9.17) is 5.73 Å². The third-order valence-electron chi connectivity index (χ3n) is 4.70. The van der Waals surface area contributed by atoms with Crippen molar-refractivity contribution in [3.63, 3.8) is 0 Å². The quantitative estimate of drug-likeness (QED) is 0.373. The van der Waals surface area contributed by atoms with E-state index in [0.29, 0.717) is 17.1 Å². The first kappa shape index (κ1) is 22.6. The molecule has 4 aromatic rings. The first-order chi connectivity index (χ1) is 16.2. The fraction of sp³-hybridized carbons (Fsp3) is 0.150. The number of fused-ring (bicyclic) bond motifs is 1. The molecule has 0 atom stereocenters. The van der Waals surface area contributed by atoms with Crippen molar-refractivity contribution in [2.75, 3.05) is 11.1 Å². The number of H-pyrrole nitrogens is 1. The molecule has 0 saturated heterocycles. The summed E-state index contributed by atoms with van der Waals surface area (Å²) in [4.78, 5) is 42.6. The summed E-state index contributed by atoms with van der Waals surface area (Å²) in [6.07, 6.45) is 1.70. The zero-order valence-corrected chi connectivity index (χ0v) is 17.2. The minimum absolute atomic E-state index is 0.134. The minimum Gasteiger partial charge on any atom is -0.383 e. The molecule has 4 heterocycles. The third-order valence-corrected chi connectivity index (χ3v) is 4.70. The molecule has 0 saturated carbocycles. The fourth-order valence-corrected chi connectivity index (χ4v) is 3.03. The van der Waals surface area contributed by atoms with Crippen LogP contribution in [-0.2, 0) is 28.9 Å². The number of nitrogen functional groups attached to an aromatic ring is 1. The Morgan fingerprint density at radius 2 is 1.79 bits per heavy atom. The van der Waals surface area contributed by atoms with E-state index in [1.54, 1.807) is 6.07 Å². The second-order valence-electron chi connectivity index (χ2n) is 7.03. The molecule has 0 aromatic carbocycles. The number of hydrogen-bond donors (Lipinski definition) is 3. The van der Waals surface area contributed by atoms with Gasteiger partial charge in [-0.15, -0.1) is 0 Å². The van der Waals surface area contributed by atoms with Crippen molar-refractivity contribution in [2.24, 2.45) is 0 Å². The van der Waals surface area contributed by atoms with Crippen LogP contribution in [0.3, 0.4) is 0 Å². The largest absolute Gasteiger partial charge is 0.417 e. The standard InChI is InChI=1S/C20H16F3N9O2/c21-20(22,23)11-2-3-12(27-6-11)9-32(10-15-25-4-1-5-26-15)19(34)18(33)30-14-8-28-17(24)13-7-29-31-16(13)14/h1-8H,9-10H2,(H2,24,28)(H,29,31)(H,30,33). The van der Waals surface area contributed by atoms with Crippen LogP contribution < -0.4 is 11.1 Å². The van der Waals surface area contributed by atoms with Gasteiger partial charge in [-0.2, -0.15) is 18.3 Å². The molecule has 4 rings (SSSR count). The van der Waals surface area contributed by atoms with Gasteiger partial charge in [0.25, 0.3) is 0 Å². The molecule has 14 heteroatoms. The Hall–Kier alpha value is -4.62. The predicted octanol–water partition coefficient (Wildman–Crippen LogP) is 1.91. The smallest absolute Gasteiger partial charge is 0.383 e. The molecule has 11 nitrogen and oxygen atoms in total. The molecule has 0 fully saturated rings. The number of amides is 2. The third kappa shape index (κ3) is 4.90. The fourth-order valence-electron chi connectivity index (χ4n) is 3.03. The maximum atomic E-state index is 13.0. The Morgan fingerprint density at radius 1 is 1.03 bits per heavy atom.